The number of thioether (sulfide) groups is 1. The summed E-state index contributed by atoms with van der Waals surface area (Å²) < 4.78 is 0. The molecule has 0 fully saturated rings. The van der Waals surface area contributed by atoms with Gasteiger partial charge in [0.05, 0.1) is 23.8 Å². The molecule has 82 valence electrons. The van der Waals surface area contributed by atoms with Crippen LogP contribution in [0.3, 0.4) is 0 Å². The number of amidine groups is 1. The molecule has 1 N–H and O–H groups in total. The van der Waals surface area contributed by atoms with Crippen molar-refractivity contribution in [3.05, 3.63) is 16.1 Å². The van der Waals surface area contributed by atoms with E-state index in [1.165, 1.54) is 6.42 Å². The predicted octanol–water partition coefficient (Wildman–Crippen LogP) is 2.42. The molecule has 1 aromatic rings. The van der Waals surface area contributed by atoms with Crippen LogP contribution in [0.4, 0.5) is 0 Å². The van der Waals surface area contributed by atoms with Gasteiger partial charge in [-0.3, -0.25) is 4.99 Å². The molecular formula is C10H15N3S2. The van der Waals surface area contributed by atoms with E-state index in [4.69, 9.17) is 0 Å². The van der Waals surface area contributed by atoms with Crippen LogP contribution in [0.5, 0.6) is 0 Å². The fourth-order valence-electron chi connectivity index (χ4n) is 1.38. The van der Waals surface area contributed by atoms with Crippen molar-refractivity contribution in [2.75, 3.05) is 6.54 Å². The Morgan fingerprint density at radius 2 is 2.47 bits per heavy atom. The van der Waals surface area contributed by atoms with Crippen LogP contribution >= 0.6 is 23.1 Å². The number of aromatic nitrogens is 1. The van der Waals surface area contributed by atoms with Gasteiger partial charge in [-0.1, -0.05) is 18.7 Å². The Labute approximate surface area is 98.4 Å². The summed E-state index contributed by atoms with van der Waals surface area (Å²) in [5, 5.41) is 8.30. The van der Waals surface area contributed by atoms with Crippen molar-refractivity contribution in [2.24, 2.45) is 4.99 Å². The zero-order chi connectivity index (χ0) is 10.7. The van der Waals surface area contributed by atoms with Crippen molar-refractivity contribution in [1.82, 2.24) is 10.3 Å². The molecule has 2 rings (SSSR count). The van der Waals surface area contributed by atoms with Crippen molar-refractivity contribution >= 4 is 28.3 Å². The van der Waals surface area contributed by atoms with Gasteiger partial charge in [0.2, 0.25) is 0 Å². The van der Waals surface area contributed by atoms with Gasteiger partial charge in [-0.25, -0.2) is 4.98 Å². The highest BCUT2D eigenvalue weighted by Gasteiger charge is 2.17. The third-order valence-corrected chi connectivity index (χ3v) is 4.39. The van der Waals surface area contributed by atoms with Gasteiger partial charge in [0.15, 0.2) is 5.17 Å². The van der Waals surface area contributed by atoms with Crippen LogP contribution in [-0.2, 0) is 6.54 Å². The lowest BCUT2D eigenvalue weighted by atomic mass is 10.3. The lowest BCUT2D eigenvalue weighted by Gasteiger charge is -2.05. The summed E-state index contributed by atoms with van der Waals surface area (Å²) in [4.78, 5) is 8.86. The summed E-state index contributed by atoms with van der Waals surface area (Å²) in [6.07, 6.45) is 1.19. The average Bonchev–Trinajstić information content (AvgIpc) is 2.83. The average molecular weight is 241 g/mol. The summed E-state index contributed by atoms with van der Waals surface area (Å²) in [7, 11) is 0. The molecule has 0 saturated carbocycles. The Hall–Kier alpha value is -0.550. The molecule has 1 aromatic heterocycles. The summed E-state index contributed by atoms with van der Waals surface area (Å²) in [5.41, 5.74) is 1.11. The molecule has 15 heavy (non-hydrogen) atoms. The maximum atomic E-state index is 4.45. The molecule has 1 aliphatic rings. The largest absolute Gasteiger partial charge is 0.359 e. The fourth-order valence-corrected chi connectivity index (χ4v) is 2.93. The maximum Gasteiger partial charge on any atom is 0.157 e. The molecule has 1 atom stereocenters. The molecule has 0 amide bonds. The zero-order valence-electron chi connectivity index (χ0n) is 8.99. The van der Waals surface area contributed by atoms with Crippen molar-refractivity contribution in [2.45, 2.75) is 32.1 Å². The van der Waals surface area contributed by atoms with E-state index in [-0.39, 0.29) is 0 Å². The van der Waals surface area contributed by atoms with Gasteiger partial charge in [-0.05, 0) is 13.3 Å². The van der Waals surface area contributed by atoms with Crippen LogP contribution in [0.2, 0.25) is 0 Å². The Morgan fingerprint density at radius 3 is 3.07 bits per heavy atom. The molecule has 1 aliphatic heterocycles. The van der Waals surface area contributed by atoms with Gasteiger partial charge >= 0.3 is 0 Å². The lowest BCUT2D eigenvalue weighted by molar-refractivity contribution is 0.837. The van der Waals surface area contributed by atoms with Crippen molar-refractivity contribution in [3.63, 3.8) is 0 Å². The van der Waals surface area contributed by atoms with E-state index in [0.29, 0.717) is 5.25 Å². The highest BCUT2D eigenvalue weighted by molar-refractivity contribution is 8.14. The molecule has 2 heterocycles. The van der Waals surface area contributed by atoms with Crippen LogP contribution in [0.15, 0.2) is 10.4 Å². The standard InChI is InChI=1S/C10H15N3S2/c1-3-9-5-12-10(15-9)11-4-8-6-14-7(2)13-8/h6,9H,3-5H2,1-2H3,(H,11,12). The van der Waals surface area contributed by atoms with Gasteiger partial charge in [0.1, 0.15) is 0 Å². The number of nitrogens with one attached hydrogen (secondary N) is 1. The monoisotopic (exact) mass is 241 g/mol. The molecule has 3 nitrogen and oxygen atoms in total. The van der Waals surface area contributed by atoms with Crippen LogP contribution in [0, 0.1) is 6.92 Å². The van der Waals surface area contributed by atoms with Gasteiger partial charge in [0, 0.05) is 10.6 Å². The number of thiazole rings is 1. The van der Waals surface area contributed by atoms with E-state index in [2.05, 4.69) is 27.6 Å². The molecule has 0 aliphatic carbocycles. The second-order valence-corrected chi connectivity index (χ2v) is 5.86. The summed E-state index contributed by atoms with van der Waals surface area (Å²) in [6.45, 7) is 6.00. The summed E-state index contributed by atoms with van der Waals surface area (Å²) >= 11 is 3.55. The van der Waals surface area contributed by atoms with E-state index in [1.54, 1.807) is 11.3 Å². The smallest absolute Gasteiger partial charge is 0.157 e. The molecule has 1 unspecified atom stereocenters. The Morgan fingerprint density at radius 1 is 1.60 bits per heavy atom. The minimum absolute atomic E-state index is 0.671. The Bertz CT molecular complexity index is 359. The van der Waals surface area contributed by atoms with E-state index in [0.717, 1.165) is 29.0 Å². The van der Waals surface area contributed by atoms with Gasteiger partial charge in [-0.2, -0.15) is 0 Å². The van der Waals surface area contributed by atoms with Gasteiger partial charge in [-0.15, -0.1) is 11.3 Å². The minimum Gasteiger partial charge on any atom is -0.359 e. The number of rotatable bonds is 3. The van der Waals surface area contributed by atoms with E-state index in [9.17, 15) is 0 Å². The molecule has 5 heteroatoms. The predicted molar refractivity (Wildman–Crippen MR) is 67.7 cm³/mol. The van der Waals surface area contributed by atoms with Crippen molar-refractivity contribution < 1.29 is 0 Å². The van der Waals surface area contributed by atoms with E-state index >= 15 is 0 Å². The number of aliphatic imine (C=N–C) groups is 1. The van der Waals surface area contributed by atoms with Gasteiger partial charge < -0.3 is 5.32 Å². The third kappa shape index (κ3) is 2.95. The molecule has 0 radical (unpaired) electrons. The summed E-state index contributed by atoms with van der Waals surface area (Å²) in [5.74, 6) is 0. The first kappa shape index (κ1) is 11.0. The fraction of sp³-hybridized carbons (Fsp3) is 0.600. The molecule has 0 spiro atoms. The first-order chi connectivity index (χ1) is 7.28. The quantitative estimate of drug-likeness (QED) is 0.883. The second-order valence-electron chi connectivity index (χ2n) is 3.51. The van der Waals surface area contributed by atoms with Crippen LogP contribution < -0.4 is 5.32 Å². The number of aryl methyl sites for hydroxylation is 1. The topological polar surface area (TPSA) is 37.3 Å². The maximum absolute atomic E-state index is 4.45. The van der Waals surface area contributed by atoms with Crippen molar-refractivity contribution in [1.29, 1.82) is 0 Å². The SMILES string of the molecule is CCC1CN=C(NCc2csc(C)n2)S1. The minimum atomic E-state index is 0.671. The molecule has 0 aromatic carbocycles. The second kappa shape index (κ2) is 4.99. The van der Waals surface area contributed by atoms with Crippen LogP contribution in [-0.4, -0.2) is 21.9 Å². The molecule has 0 bridgehead atoms. The van der Waals surface area contributed by atoms with Crippen LogP contribution in [0.25, 0.3) is 0 Å². The number of hydrogen-bond donors (Lipinski definition) is 1. The van der Waals surface area contributed by atoms with E-state index in [1.807, 2.05) is 18.7 Å². The lowest BCUT2D eigenvalue weighted by Crippen LogP contribution is -2.19. The first-order valence-electron chi connectivity index (χ1n) is 5.14. The van der Waals surface area contributed by atoms with E-state index < -0.39 is 0 Å². The Kier molecular flexibility index (Phi) is 3.64. The van der Waals surface area contributed by atoms with Crippen LogP contribution in [0.1, 0.15) is 24.0 Å². The third-order valence-electron chi connectivity index (χ3n) is 2.26. The highest BCUT2D eigenvalue weighted by atomic mass is 32.2. The number of nitrogens with zero attached hydrogens (tertiary/aromatic N) is 2. The zero-order valence-corrected chi connectivity index (χ0v) is 10.6. The first-order valence-corrected chi connectivity index (χ1v) is 6.90. The Balaban J connectivity index is 1.80. The highest BCUT2D eigenvalue weighted by Crippen LogP contribution is 2.22. The molecule has 0 saturated heterocycles. The normalized spacial score (nSPS) is 20.4. The molecular weight excluding hydrogens is 226 g/mol. The van der Waals surface area contributed by atoms with Crippen molar-refractivity contribution in [3.8, 4) is 0 Å². The summed E-state index contributed by atoms with van der Waals surface area (Å²) in [6, 6.07) is 0. The van der Waals surface area contributed by atoms with Gasteiger partial charge in [0.25, 0.3) is 0 Å². The number of hydrogen-bond acceptors (Lipinski definition) is 5.